The molecule has 0 unspecified atom stereocenters. The van der Waals surface area contributed by atoms with Crippen molar-refractivity contribution in [1.29, 1.82) is 0 Å². The average Bonchev–Trinajstić information content (AvgIpc) is 3.44. The number of nitrogens with zero attached hydrogens (tertiary/aromatic N) is 4. The molecule has 174 valence electrons. The van der Waals surface area contributed by atoms with Gasteiger partial charge in [0.2, 0.25) is 5.03 Å². The number of ether oxygens (including phenoxy) is 1. The number of hydrogen-bond donors (Lipinski definition) is 1. The monoisotopic (exact) mass is 481 g/mol. The fourth-order valence-corrected chi connectivity index (χ4v) is 5.85. The lowest BCUT2D eigenvalue weighted by Gasteiger charge is -2.35. The summed E-state index contributed by atoms with van der Waals surface area (Å²) in [5.74, 6) is -0.458. The van der Waals surface area contributed by atoms with Crippen LogP contribution in [0, 0.1) is 6.92 Å². The summed E-state index contributed by atoms with van der Waals surface area (Å²) >= 11 is 6.14. The second-order valence-corrected chi connectivity index (χ2v) is 10.5. The van der Waals surface area contributed by atoms with Gasteiger partial charge in [-0.2, -0.15) is 9.40 Å². The lowest BCUT2D eigenvalue weighted by molar-refractivity contribution is 0.0855. The van der Waals surface area contributed by atoms with Gasteiger partial charge in [0.05, 0.1) is 11.7 Å². The van der Waals surface area contributed by atoms with Crippen LogP contribution in [0.15, 0.2) is 29.4 Å². The van der Waals surface area contributed by atoms with Crippen LogP contribution in [0.4, 0.5) is 5.69 Å². The third-order valence-electron chi connectivity index (χ3n) is 5.89. The van der Waals surface area contributed by atoms with Gasteiger partial charge in [-0.1, -0.05) is 17.7 Å². The molecule has 1 amide bonds. The molecular formula is C21H28ClN5O4S. The molecule has 2 fully saturated rings. The zero-order chi connectivity index (χ0) is 22.9. The summed E-state index contributed by atoms with van der Waals surface area (Å²) < 4.78 is 35.0. The fraction of sp³-hybridized carbons (Fsp3) is 0.524. The van der Waals surface area contributed by atoms with Gasteiger partial charge < -0.3 is 15.0 Å². The topological polar surface area (TPSA) is 96.8 Å². The summed E-state index contributed by atoms with van der Waals surface area (Å²) in [6, 6.07) is 5.69. The van der Waals surface area contributed by atoms with E-state index < -0.39 is 15.9 Å². The van der Waals surface area contributed by atoms with Crippen LogP contribution in [0.25, 0.3) is 0 Å². The van der Waals surface area contributed by atoms with Crippen LogP contribution in [-0.2, 0) is 21.8 Å². The summed E-state index contributed by atoms with van der Waals surface area (Å²) in [6.45, 7) is 4.67. The highest BCUT2D eigenvalue weighted by Gasteiger charge is 2.35. The fourth-order valence-electron chi connectivity index (χ4n) is 4.14. The number of anilines is 1. The highest BCUT2D eigenvalue weighted by Crippen LogP contribution is 2.27. The van der Waals surface area contributed by atoms with Gasteiger partial charge in [0.25, 0.3) is 15.9 Å². The standard InChI is InChI=1S/C21H28ClN5O4S/c1-15-5-6-16(22)12-19(15)26-7-9-27(10-8-26)32(29,30)21-18(14-25(2)24-21)20(28)23-13-17-4-3-11-31-17/h5-6,12,14,17H,3-4,7-11,13H2,1-2H3,(H,23,28)/t17-/m1/s1. The number of benzene rings is 1. The average molecular weight is 482 g/mol. The van der Waals surface area contributed by atoms with Crippen molar-refractivity contribution in [3.05, 3.63) is 40.5 Å². The first-order chi connectivity index (χ1) is 15.3. The van der Waals surface area contributed by atoms with E-state index in [2.05, 4.69) is 15.3 Å². The molecule has 0 saturated carbocycles. The van der Waals surface area contributed by atoms with Gasteiger partial charge in [0.1, 0.15) is 0 Å². The third-order valence-corrected chi connectivity index (χ3v) is 7.96. The first-order valence-corrected chi connectivity index (χ1v) is 12.5. The van der Waals surface area contributed by atoms with Crippen LogP contribution in [0.3, 0.4) is 0 Å². The van der Waals surface area contributed by atoms with E-state index in [0.29, 0.717) is 44.4 Å². The zero-order valence-corrected chi connectivity index (χ0v) is 19.8. The minimum Gasteiger partial charge on any atom is -0.376 e. The van der Waals surface area contributed by atoms with Crippen molar-refractivity contribution in [2.75, 3.05) is 44.2 Å². The second-order valence-electron chi connectivity index (χ2n) is 8.19. The van der Waals surface area contributed by atoms with Crippen LogP contribution in [0.5, 0.6) is 0 Å². The molecule has 4 rings (SSSR count). The molecule has 32 heavy (non-hydrogen) atoms. The molecule has 0 spiro atoms. The number of sulfonamides is 1. The Morgan fingerprint density at radius 1 is 1.28 bits per heavy atom. The van der Waals surface area contributed by atoms with E-state index in [1.165, 1.54) is 15.2 Å². The Bertz CT molecular complexity index is 1090. The molecule has 1 atom stereocenters. The Morgan fingerprint density at radius 2 is 2.03 bits per heavy atom. The Labute approximate surface area is 193 Å². The number of carbonyl (C=O) groups excluding carboxylic acids is 1. The molecule has 2 aromatic rings. The van der Waals surface area contributed by atoms with E-state index in [4.69, 9.17) is 16.3 Å². The molecule has 9 nitrogen and oxygen atoms in total. The largest absolute Gasteiger partial charge is 0.376 e. The van der Waals surface area contributed by atoms with Gasteiger partial charge >= 0.3 is 0 Å². The Morgan fingerprint density at radius 3 is 2.72 bits per heavy atom. The summed E-state index contributed by atoms with van der Waals surface area (Å²) in [7, 11) is -2.31. The molecule has 1 aromatic heterocycles. The number of nitrogens with one attached hydrogen (secondary N) is 1. The molecule has 1 aromatic carbocycles. The van der Waals surface area contributed by atoms with Crippen molar-refractivity contribution in [2.45, 2.75) is 30.9 Å². The van der Waals surface area contributed by atoms with Crippen molar-refractivity contribution < 1.29 is 17.9 Å². The Hall–Kier alpha value is -2.14. The molecule has 0 aliphatic carbocycles. The van der Waals surface area contributed by atoms with E-state index in [-0.39, 0.29) is 16.7 Å². The van der Waals surface area contributed by atoms with Gasteiger partial charge in [-0.15, -0.1) is 0 Å². The van der Waals surface area contributed by atoms with Crippen molar-refractivity contribution in [2.24, 2.45) is 7.05 Å². The summed E-state index contributed by atoms with van der Waals surface area (Å²) in [6.07, 6.45) is 3.27. The first kappa shape index (κ1) is 23.0. The number of amides is 1. The number of piperazine rings is 1. The van der Waals surface area contributed by atoms with E-state index in [9.17, 15) is 13.2 Å². The summed E-state index contributed by atoms with van der Waals surface area (Å²) in [4.78, 5) is 14.9. The lowest BCUT2D eigenvalue weighted by Crippen LogP contribution is -2.49. The van der Waals surface area contributed by atoms with Crippen LogP contribution < -0.4 is 10.2 Å². The van der Waals surface area contributed by atoms with Crippen LogP contribution >= 0.6 is 11.6 Å². The highest BCUT2D eigenvalue weighted by molar-refractivity contribution is 7.89. The number of aryl methyl sites for hydroxylation is 2. The van der Waals surface area contributed by atoms with Crippen molar-refractivity contribution in [1.82, 2.24) is 19.4 Å². The zero-order valence-electron chi connectivity index (χ0n) is 18.3. The van der Waals surface area contributed by atoms with Crippen molar-refractivity contribution in [3.63, 3.8) is 0 Å². The third kappa shape index (κ3) is 4.78. The van der Waals surface area contributed by atoms with Gasteiger partial charge in [-0.25, -0.2) is 8.42 Å². The minimum absolute atomic E-state index is 0.0290. The van der Waals surface area contributed by atoms with E-state index in [1.807, 2.05) is 25.1 Å². The van der Waals surface area contributed by atoms with Gasteiger partial charge in [0, 0.05) is 63.3 Å². The number of rotatable bonds is 6. The van der Waals surface area contributed by atoms with Crippen LogP contribution in [0.2, 0.25) is 5.02 Å². The lowest BCUT2D eigenvalue weighted by atomic mass is 10.1. The molecular weight excluding hydrogens is 454 g/mol. The number of hydrogen-bond acceptors (Lipinski definition) is 6. The minimum atomic E-state index is -3.92. The maximum atomic E-state index is 13.4. The Kier molecular flexibility index (Phi) is 6.75. The molecule has 2 aliphatic heterocycles. The first-order valence-electron chi connectivity index (χ1n) is 10.7. The normalized spacial score (nSPS) is 20.0. The smallest absolute Gasteiger partial charge is 0.263 e. The predicted molar refractivity (Wildman–Crippen MR) is 122 cm³/mol. The quantitative estimate of drug-likeness (QED) is 0.675. The molecule has 0 bridgehead atoms. The maximum Gasteiger partial charge on any atom is 0.263 e. The summed E-state index contributed by atoms with van der Waals surface area (Å²) in [5, 5.41) is 7.35. The van der Waals surface area contributed by atoms with E-state index in [0.717, 1.165) is 24.1 Å². The predicted octanol–water partition coefficient (Wildman–Crippen LogP) is 1.80. The molecule has 0 radical (unpaired) electrons. The number of halogens is 1. The van der Waals surface area contributed by atoms with Crippen LogP contribution in [-0.4, -0.2) is 73.8 Å². The van der Waals surface area contributed by atoms with Crippen molar-refractivity contribution >= 4 is 33.2 Å². The van der Waals surface area contributed by atoms with E-state index >= 15 is 0 Å². The molecule has 2 saturated heterocycles. The van der Waals surface area contributed by atoms with Gasteiger partial charge in [0.15, 0.2) is 0 Å². The maximum absolute atomic E-state index is 13.4. The highest BCUT2D eigenvalue weighted by atomic mass is 35.5. The molecule has 11 heteroatoms. The number of aromatic nitrogens is 2. The molecule has 3 heterocycles. The van der Waals surface area contributed by atoms with Crippen LogP contribution in [0.1, 0.15) is 28.8 Å². The molecule has 1 N–H and O–H groups in total. The number of carbonyl (C=O) groups is 1. The van der Waals surface area contributed by atoms with Crippen molar-refractivity contribution in [3.8, 4) is 0 Å². The molecule has 2 aliphatic rings. The summed E-state index contributed by atoms with van der Waals surface area (Å²) in [5.41, 5.74) is 2.14. The SMILES string of the molecule is Cc1ccc(Cl)cc1N1CCN(S(=O)(=O)c2nn(C)cc2C(=O)NC[C@H]2CCCO2)CC1. The van der Waals surface area contributed by atoms with Gasteiger partial charge in [-0.3, -0.25) is 9.48 Å². The Balaban J connectivity index is 1.47. The second kappa shape index (κ2) is 9.38. The van der Waals surface area contributed by atoms with Gasteiger partial charge in [-0.05, 0) is 37.5 Å². The van der Waals surface area contributed by atoms with E-state index in [1.54, 1.807) is 7.05 Å².